The highest BCUT2D eigenvalue weighted by atomic mass is 16.6. The summed E-state index contributed by atoms with van der Waals surface area (Å²) in [5.41, 5.74) is 0.601. The van der Waals surface area contributed by atoms with Crippen molar-refractivity contribution in [3.05, 3.63) is 30.5 Å². The van der Waals surface area contributed by atoms with E-state index in [1.54, 1.807) is 12.3 Å². The van der Waals surface area contributed by atoms with Gasteiger partial charge in [-0.05, 0) is 37.8 Å². The summed E-state index contributed by atoms with van der Waals surface area (Å²) in [6.45, 7) is 3.88. The zero-order valence-corrected chi connectivity index (χ0v) is 14.3. The molecule has 1 N–H and O–H groups in total. The Morgan fingerprint density at radius 3 is 2.92 bits per heavy atom. The van der Waals surface area contributed by atoms with Gasteiger partial charge in [0.25, 0.3) is 0 Å². The topological polar surface area (TPSA) is 63.9 Å². The molecule has 1 amide bonds. The van der Waals surface area contributed by atoms with Crippen molar-refractivity contribution in [2.75, 3.05) is 26.2 Å². The van der Waals surface area contributed by atoms with Crippen LogP contribution in [0, 0.1) is 0 Å². The molecule has 2 saturated heterocycles. The zero-order valence-electron chi connectivity index (χ0n) is 14.3. The van der Waals surface area contributed by atoms with Gasteiger partial charge in [0.15, 0.2) is 11.3 Å². The predicted octanol–water partition coefficient (Wildman–Crippen LogP) is 3.16. The average Bonchev–Trinajstić information content (AvgIpc) is 3.28. The normalized spacial score (nSPS) is 22.3. The lowest BCUT2D eigenvalue weighted by atomic mass is 10.0. The molecule has 2 aromatic rings. The molecule has 0 spiro atoms. The largest absolute Gasteiger partial charge is 0.460 e. The molecule has 1 aromatic carbocycles. The highest BCUT2D eigenvalue weighted by Gasteiger charge is 2.25. The molecular formula is C19H24N2O4. The Morgan fingerprint density at radius 1 is 1.24 bits per heavy atom. The zero-order chi connectivity index (χ0) is 17.1. The maximum Gasteiger partial charge on any atom is 0.412 e. The Hall–Kier alpha value is -2.05. The number of carbonyl (C=O) groups excluding carboxylic acids is 1. The van der Waals surface area contributed by atoms with E-state index in [1.165, 1.54) is 12.8 Å². The predicted molar refractivity (Wildman–Crippen MR) is 93.8 cm³/mol. The van der Waals surface area contributed by atoms with Crippen LogP contribution in [0.4, 0.5) is 4.79 Å². The fourth-order valence-corrected chi connectivity index (χ4v) is 3.68. The number of para-hydroxylation sites is 1. The van der Waals surface area contributed by atoms with E-state index in [2.05, 4.69) is 10.2 Å². The number of nitrogens with one attached hydrogen (secondary N) is 1. The summed E-state index contributed by atoms with van der Waals surface area (Å²) in [7, 11) is 0. The van der Waals surface area contributed by atoms with Crippen LogP contribution in [-0.2, 0) is 4.74 Å². The first-order valence-electron chi connectivity index (χ1n) is 9.06. The number of likely N-dealkylation sites (tertiary alicyclic amines) is 1. The standard InChI is InChI=1S/C19H24N2O4/c22-19(25-17-5-1-3-14-8-12-24-18(14)17)20-15-6-9-21(10-7-15)13-16-4-2-11-23-16/h1,3,5,8,12,15-16H,2,4,6-7,9-11,13H2,(H,20,22). The van der Waals surface area contributed by atoms with Crippen molar-refractivity contribution in [1.29, 1.82) is 0 Å². The fraction of sp³-hybridized carbons (Fsp3) is 0.526. The highest BCUT2D eigenvalue weighted by Crippen LogP contribution is 2.26. The van der Waals surface area contributed by atoms with Crippen LogP contribution in [0.1, 0.15) is 25.7 Å². The number of ether oxygens (including phenoxy) is 2. The van der Waals surface area contributed by atoms with Gasteiger partial charge < -0.3 is 24.1 Å². The molecule has 2 fully saturated rings. The van der Waals surface area contributed by atoms with Gasteiger partial charge in [-0.2, -0.15) is 0 Å². The van der Waals surface area contributed by atoms with Crippen LogP contribution < -0.4 is 10.1 Å². The van der Waals surface area contributed by atoms with Crippen molar-refractivity contribution in [2.45, 2.75) is 37.8 Å². The number of nitrogens with zero attached hydrogens (tertiary/aromatic N) is 1. The van der Waals surface area contributed by atoms with Crippen LogP contribution in [0.25, 0.3) is 11.0 Å². The minimum Gasteiger partial charge on any atom is -0.460 e. The van der Waals surface area contributed by atoms with Crippen molar-refractivity contribution in [2.24, 2.45) is 0 Å². The first-order valence-corrected chi connectivity index (χ1v) is 9.06. The molecule has 25 heavy (non-hydrogen) atoms. The van der Waals surface area contributed by atoms with Gasteiger partial charge in [0.2, 0.25) is 0 Å². The van der Waals surface area contributed by atoms with E-state index in [0.717, 1.165) is 44.5 Å². The molecule has 0 radical (unpaired) electrons. The minimum absolute atomic E-state index is 0.157. The lowest BCUT2D eigenvalue weighted by Crippen LogP contribution is -2.47. The van der Waals surface area contributed by atoms with Gasteiger partial charge in [-0.3, -0.25) is 0 Å². The number of fused-ring (bicyclic) bond motifs is 1. The van der Waals surface area contributed by atoms with Crippen molar-refractivity contribution in [3.63, 3.8) is 0 Å². The average molecular weight is 344 g/mol. The molecule has 1 atom stereocenters. The van der Waals surface area contributed by atoms with Crippen molar-refractivity contribution >= 4 is 17.1 Å². The van der Waals surface area contributed by atoms with Crippen LogP contribution in [0.15, 0.2) is 34.9 Å². The Balaban J connectivity index is 1.25. The number of benzene rings is 1. The van der Waals surface area contributed by atoms with Crippen LogP contribution in [0.3, 0.4) is 0 Å². The summed E-state index contributed by atoms with van der Waals surface area (Å²) >= 11 is 0. The van der Waals surface area contributed by atoms with E-state index >= 15 is 0 Å². The summed E-state index contributed by atoms with van der Waals surface area (Å²) < 4.78 is 16.5. The van der Waals surface area contributed by atoms with Gasteiger partial charge in [-0.15, -0.1) is 0 Å². The third-order valence-electron chi connectivity index (χ3n) is 5.04. The summed E-state index contributed by atoms with van der Waals surface area (Å²) in [5, 5.41) is 3.90. The van der Waals surface area contributed by atoms with Gasteiger partial charge in [0.1, 0.15) is 0 Å². The van der Waals surface area contributed by atoms with Crippen LogP contribution in [0.5, 0.6) is 5.75 Å². The molecule has 1 aromatic heterocycles. The molecule has 2 aliphatic heterocycles. The number of amides is 1. The molecule has 6 nitrogen and oxygen atoms in total. The second-order valence-corrected chi connectivity index (χ2v) is 6.84. The Kier molecular flexibility index (Phi) is 4.90. The van der Waals surface area contributed by atoms with Crippen LogP contribution >= 0.6 is 0 Å². The first-order chi connectivity index (χ1) is 12.3. The van der Waals surface area contributed by atoms with Crippen molar-refractivity contribution < 1.29 is 18.7 Å². The summed E-state index contributed by atoms with van der Waals surface area (Å²) in [6, 6.07) is 7.53. The van der Waals surface area contributed by atoms with Gasteiger partial charge in [0.05, 0.1) is 12.4 Å². The number of rotatable bonds is 4. The Bertz CT molecular complexity index is 715. The number of piperidine rings is 1. The van der Waals surface area contributed by atoms with Gasteiger partial charge in [-0.1, -0.05) is 12.1 Å². The SMILES string of the molecule is O=C(NC1CCN(CC2CCCO2)CC1)Oc1cccc2ccoc12. The molecule has 0 aliphatic carbocycles. The molecule has 2 aliphatic rings. The molecule has 6 heteroatoms. The molecule has 4 rings (SSSR count). The quantitative estimate of drug-likeness (QED) is 0.923. The maximum atomic E-state index is 12.2. The van der Waals surface area contributed by atoms with E-state index in [0.29, 0.717) is 17.4 Å². The minimum atomic E-state index is -0.415. The molecule has 3 heterocycles. The van der Waals surface area contributed by atoms with Gasteiger partial charge in [-0.25, -0.2) is 4.79 Å². The Morgan fingerprint density at radius 2 is 2.12 bits per heavy atom. The molecular weight excluding hydrogens is 320 g/mol. The lowest BCUT2D eigenvalue weighted by Gasteiger charge is -2.33. The molecule has 134 valence electrons. The Labute approximate surface area is 147 Å². The maximum absolute atomic E-state index is 12.2. The third kappa shape index (κ3) is 3.96. The highest BCUT2D eigenvalue weighted by molar-refractivity contribution is 5.85. The molecule has 0 saturated carbocycles. The summed E-state index contributed by atoms with van der Waals surface area (Å²) in [4.78, 5) is 14.6. The number of furan rings is 1. The first kappa shape index (κ1) is 16.4. The van der Waals surface area contributed by atoms with Gasteiger partial charge in [0, 0.05) is 37.7 Å². The van der Waals surface area contributed by atoms with Gasteiger partial charge >= 0.3 is 6.09 Å². The van der Waals surface area contributed by atoms with Crippen molar-refractivity contribution in [3.8, 4) is 5.75 Å². The van der Waals surface area contributed by atoms with E-state index < -0.39 is 6.09 Å². The second kappa shape index (κ2) is 7.45. The van der Waals surface area contributed by atoms with E-state index in [1.807, 2.05) is 18.2 Å². The van der Waals surface area contributed by atoms with E-state index in [9.17, 15) is 4.79 Å². The monoisotopic (exact) mass is 344 g/mol. The fourth-order valence-electron chi connectivity index (χ4n) is 3.68. The van der Waals surface area contributed by atoms with Crippen molar-refractivity contribution in [1.82, 2.24) is 10.2 Å². The smallest absolute Gasteiger partial charge is 0.412 e. The summed E-state index contributed by atoms with van der Waals surface area (Å²) in [6.07, 6.45) is 5.79. The number of hydrogen-bond acceptors (Lipinski definition) is 5. The number of hydrogen-bond donors (Lipinski definition) is 1. The summed E-state index contributed by atoms with van der Waals surface area (Å²) in [5.74, 6) is 0.454. The third-order valence-corrected chi connectivity index (χ3v) is 5.04. The number of carbonyl (C=O) groups is 1. The molecule has 0 bridgehead atoms. The van der Waals surface area contributed by atoms with Crippen LogP contribution in [-0.4, -0.2) is 49.4 Å². The second-order valence-electron chi connectivity index (χ2n) is 6.84. The lowest BCUT2D eigenvalue weighted by molar-refractivity contribution is 0.0627. The molecule has 1 unspecified atom stereocenters. The van der Waals surface area contributed by atoms with E-state index in [4.69, 9.17) is 13.9 Å². The van der Waals surface area contributed by atoms with Crippen LogP contribution in [0.2, 0.25) is 0 Å². The van der Waals surface area contributed by atoms with E-state index in [-0.39, 0.29) is 6.04 Å².